The monoisotopic (exact) mass is 417 g/mol. The third-order valence-electron chi connectivity index (χ3n) is 3.99. The lowest BCUT2D eigenvalue weighted by atomic mass is 10.2. The number of aryl methyl sites for hydroxylation is 1. The van der Waals surface area contributed by atoms with Crippen molar-refractivity contribution in [3.63, 3.8) is 0 Å². The second-order valence-corrected chi connectivity index (χ2v) is 6.86. The van der Waals surface area contributed by atoms with Crippen LogP contribution >= 0.6 is 23.2 Å². The third-order valence-corrected chi connectivity index (χ3v) is 4.66. The summed E-state index contributed by atoms with van der Waals surface area (Å²) >= 11 is 11.9. The van der Waals surface area contributed by atoms with Crippen LogP contribution in [0, 0.1) is 13.8 Å². The number of rotatable bonds is 5. The molecule has 0 bridgehead atoms. The van der Waals surface area contributed by atoms with E-state index in [9.17, 15) is 9.59 Å². The smallest absolute Gasteiger partial charge is 0.291 e. The minimum Gasteiger partial charge on any atom is -0.340 e. The summed E-state index contributed by atoms with van der Waals surface area (Å²) < 4.78 is 1.53. The van der Waals surface area contributed by atoms with Crippen LogP contribution in [0.4, 0.5) is 5.69 Å². The van der Waals surface area contributed by atoms with Gasteiger partial charge in [-0.25, -0.2) is 9.67 Å². The number of carbonyl (C=O) groups is 2. The van der Waals surface area contributed by atoms with Gasteiger partial charge in [0.1, 0.15) is 5.82 Å². The summed E-state index contributed by atoms with van der Waals surface area (Å²) in [7, 11) is 0. The van der Waals surface area contributed by atoms with Gasteiger partial charge >= 0.3 is 0 Å². The van der Waals surface area contributed by atoms with E-state index in [1.807, 2.05) is 0 Å². The Balaban J connectivity index is 1.63. The number of hydrogen-bond donors (Lipinski definition) is 2. The van der Waals surface area contributed by atoms with Gasteiger partial charge in [0, 0.05) is 15.7 Å². The average molecular weight is 418 g/mol. The van der Waals surface area contributed by atoms with Crippen molar-refractivity contribution < 1.29 is 9.59 Å². The number of amides is 2. The molecule has 0 fully saturated rings. The van der Waals surface area contributed by atoms with Crippen molar-refractivity contribution in [1.82, 2.24) is 20.1 Å². The molecule has 0 radical (unpaired) electrons. The van der Waals surface area contributed by atoms with Crippen molar-refractivity contribution in [2.75, 3.05) is 11.9 Å². The molecule has 3 rings (SSSR count). The first-order valence-electron chi connectivity index (χ1n) is 8.38. The maximum absolute atomic E-state index is 12.3. The molecule has 28 heavy (non-hydrogen) atoms. The molecule has 0 atom stereocenters. The van der Waals surface area contributed by atoms with E-state index in [-0.39, 0.29) is 18.3 Å². The Morgan fingerprint density at radius 1 is 1.07 bits per heavy atom. The second kappa shape index (κ2) is 8.41. The molecule has 2 amide bonds. The fourth-order valence-electron chi connectivity index (χ4n) is 2.49. The number of anilines is 1. The van der Waals surface area contributed by atoms with Gasteiger partial charge in [0.05, 0.1) is 12.2 Å². The predicted molar refractivity (Wildman–Crippen MR) is 108 cm³/mol. The molecule has 0 saturated heterocycles. The molecule has 7 nitrogen and oxygen atoms in total. The maximum Gasteiger partial charge on any atom is 0.291 e. The topological polar surface area (TPSA) is 88.9 Å². The van der Waals surface area contributed by atoms with Crippen molar-refractivity contribution in [2.45, 2.75) is 13.8 Å². The molecular weight excluding hydrogens is 401 g/mol. The van der Waals surface area contributed by atoms with Gasteiger partial charge < -0.3 is 10.6 Å². The first kappa shape index (κ1) is 19.9. The van der Waals surface area contributed by atoms with Gasteiger partial charge in [0.25, 0.3) is 5.91 Å². The average Bonchev–Trinajstić information content (AvgIpc) is 3.06. The molecule has 1 heterocycles. The zero-order valence-electron chi connectivity index (χ0n) is 15.2. The van der Waals surface area contributed by atoms with Gasteiger partial charge in [-0.1, -0.05) is 29.3 Å². The molecule has 3 aromatic rings. The lowest BCUT2D eigenvalue weighted by Crippen LogP contribution is -2.33. The van der Waals surface area contributed by atoms with E-state index in [1.165, 1.54) is 4.68 Å². The highest BCUT2D eigenvalue weighted by atomic mass is 35.5. The summed E-state index contributed by atoms with van der Waals surface area (Å²) in [6.07, 6.45) is 0. The van der Waals surface area contributed by atoms with Crippen LogP contribution in [0.15, 0.2) is 42.5 Å². The lowest BCUT2D eigenvalue weighted by molar-refractivity contribution is -0.115. The molecular formula is C19H17Cl2N5O2. The molecule has 0 aliphatic carbocycles. The summed E-state index contributed by atoms with van der Waals surface area (Å²) in [4.78, 5) is 28.6. The van der Waals surface area contributed by atoms with E-state index in [2.05, 4.69) is 20.7 Å². The highest BCUT2D eigenvalue weighted by Crippen LogP contribution is 2.22. The van der Waals surface area contributed by atoms with Gasteiger partial charge in [-0.2, -0.15) is 0 Å². The van der Waals surface area contributed by atoms with Crippen LogP contribution in [0.1, 0.15) is 22.0 Å². The molecule has 1 aromatic heterocycles. The lowest BCUT2D eigenvalue weighted by Gasteiger charge is -2.09. The van der Waals surface area contributed by atoms with Gasteiger partial charge in [-0.15, -0.1) is 5.10 Å². The van der Waals surface area contributed by atoms with Crippen LogP contribution in [0.5, 0.6) is 0 Å². The Morgan fingerprint density at radius 2 is 1.79 bits per heavy atom. The Hall–Kier alpha value is -2.90. The van der Waals surface area contributed by atoms with Gasteiger partial charge in [0.2, 0.25) is 11.7 Å². The van der Waals surface area contributed by atoms with Gasteiger partial charge in [-0.05, 0) is 55.8 Å². The fourth-order valence-corrected chi connectivity index (χ4v) is 2.79. The van der Waals surface area contributed by atoms with Crippen molar-refractivity contribution in [3.8, 4) is 5.69 Å². The zero-order chi connectivity index (χ0) is 20.3. The summed E-state index contributed by atoms with van der Waals surface area (Å²) in [6.45, 7) is 3.30. The number of carbonyl (C=O) groups excluding carboxylic acids is 2. The molecule has 0 saturated carbocycles. The van der Waals surface area contributed by atoms with Crippen LogP contribution in [0.3, 0.4) is 0 Å². The first-order valence-corrected chi connectivity index (χ1v) is 9.13. The van der Waals surface area contributed by atoms with Crippen LogP contribution < -0.4 is 10.6 Å². The molecule has 9 heteroatoms. The van der Waals surface area contributed by atoms with Crippen molar-refractivity contribution in [2.24, 2.45) is 0 Å². The highest BCUT2D eigenvalue weighted by Gasteiger charge is 2.16. The highest BCUT2D eigenvalue weighted by molar-refractivity contribution is 6.31. The third kappa shape index (κ3) is 4.49. The van der Waals surface area contributed by atoms with Crippen molar-refractivity contribution in [3.05, 3.63) is 69.7 Å². The Bertz CT molecular complexity index is 1030. The molecule has 0 aliphatic rings. The molecule has 2 aromatic carbocycles. The molecule has 2 N–H and O–H groups in total. The Kier molecular flexibility index (Phi) is 5.96. The summed E-state index contributed by atoms with van der Waals surface area (Å²) in [5, 5.41) is 10.6. The molecule has 144 valence electrons. The second-order valence-electron chi connectivity index (χ2n) is 6.01. The van der Waals surface area contributed by atoms with Gasteiger partial charge in [0.15, 0.2) is 0 Å². The largest absolute Gasteiger partial charge is 0.340 e. The minimum absolute atomic E-state index is 0.0285. The summed E-state index contributed by atoms with van der Waals surface area (Å²) in [6, 6.07) is 12.2. The van der Waals surface area contributed by atoms with E-state index in [0.717, 1.165) is 11.3 Å². The minimum atomic E-state index is -0.547. The molecule has 0 spiro atoms. The molecule has 0 unspecified atom stereocenters. The number of nitrogens with one attached hydrogen (secondary N) is 2. The summed E-state index contributed by atoms with van der Waals surface area (Å²) in [5.74, 6) is -0.424. The van der Waals surface area contributed by atoms with Crippen LogP contribution in [0.2, 0.25) is 10.0 Å². The standard InChI is InChI=1S/C19H17Cl2N5O2/c1-11-15(21)4-3-5-16(11)24-17(27)10-22-19(28)18-23-12(2)26(25-18)14-8-6-13(20)7-9-14/h3-9H,10H2,1-2H3,(H,22,28)(H,24,27). The van der Waals surface area contributed by atoms with Crippen LogP contribution in [0.25, 0.3) is 5.69 Å². The Labute approximate surface area is 171 Å². The zero-order valence-corrected chi connectivity index (χ0v) is 16.7. The van der Waals surface area contributed by atoms with Crippen LogP contribution in [-0.2, 0) is 4.79 Å². The number of nitrogens with zero attached hydrogens (tertiary/aromatic N) is 3. The first-order chi connectivity index (χ1) is 13.3. The normalized spacial score (nSPS) is 10.6. The predicted octanol–water partition coefficient (Wildman–Crippen LogP) is 3.56. The van der Waals surface area contributed by atoms with Crippen LogP contribution in [-0.4, -0.2) is 33.1 Å². The van der Waals surface area contributed by atoms with E-state index in [0.29, 0.717) is 21.6 Å². The van der Waals surface area contributed by atoms with E-state index >= 15 is 0 Å². The van der Waals surface area contributed by atoms with Crippen molar-refractivity contribution in [1.29, 1.82) is 0 Å². The van der Waals surface area contributed by atoms with E-state index in [1.54, 1.807) is 56.3 Å². The number of benzene rings is 2. The number of aromatic nitrogens is 3. The fraction of sp³-hybridized carbons (Fsp3) is 0.158. The summed E-state index contributed by atoms with van der Waals surface area (Å²) in [5.41, 5.74) is 2.07. The van der Waals surface area contributed by atoms with E-state index < -0.39 is 5.91 Å². The van der Waals surface area contributed by atoms with Gasteiger partial charge in [-0.3, -0.25) is 9.59 Å². The van der Waals surface area contributed by atoms with E-state index in [4.69, 9.17) is 23.2 Å². The quantitative estimate of drug-likeness (QED) is 0.663. The SMILES string of the molecule is Cc1c(Cl)cccc1NC(=O)CNC(=O)c1nc(C)n(-c2ccc(Cl)cc2)n1. The number of hydrogen-bond acceptors (Lipinski definition) is 4. The number of halogens is 2. The Morgan fingerprint density at radius 3 is 2.50 bits per heavy atom. The maximum atomic E-state index is 12.3. The molecule has 0 aliphatic heterocycles. The van der Waals surface area contributed by atoms with Crippen molar-refractivity contribution >= 4 is 40.7 Å².